The SMILES string of the molecule is Cc1c(C(=O)Nc2ccnn2Cc2ccsc2)sc2ncn(C)c(=O)c12. The Morgan fingerprint density at radius 1 is 1.35 bits per heavy atom. The number of fused-ring (bicyclic) bond motifs is 1. The maximum absolute atomic E-state index is 12.8. The van der Waals surface area contributed by atoms with Crippen LogP contribution in [0, 0.1) is 6.92 Å². The van der Waals surface area contributed by atoms with Gasteiger partial charge in [-0.25, -0.2) is 9.67 Å². The standard InChI is InChI=1S/C17H15N5O2S2/c1-10-13-16(18-9-21(2)17(13)24)26-14(10)15(23)20-12-3-5-19-22(12)7-11-4-6-25-8-11/h3-6,8-9H,7H2,1-2H3,(H,20,23). The van der Waals surface area contributed by atoms with Crippen molar-refractivity contribution in [2.75, 3.05) is 5.32 Å². The first-order chi connectivity index (χ1) is 12.5. The van der Waals surface area contributed by atoms with E-state index in [1.807, 2.05) is 16.8 Å². The Labute approximate surface area is 156 Å². The molecular weight excluding hydrogens is 370 g/mol. The summed E-state index contributed by atoms with van der Waals surface area (Å²) in [6.07, 6.45) is 3.12. The van der Waals surface area contributed by atoms with Crippen LogP contribution in [0.25, 0.3) is 10.2 Å². The molecule has 0 saturated carbocycles. The molecule has 4 aromatic heterocycles. The lowest BCUT2D eigenvalue weighted by atomic mass is 10.2. The van der Waals surface area contributed by atoms with Gasteiger partial charge in [-0.15, -0.1) is 11.3 Å². The first-order valence-corrected chi connectivity index (χ1v) is 9.59. The van der Waals surface area contributed by atoms with Crippen molar-refractivity contribution in [2.45, 2.75) is 13.5 Å². The van der Waals surface area contributed by atoms with Crippen LogP contribution in [0.2, 0.25) is 0 Å². The van der Waals surface area contributed by atoms with E-state index in [1.54, 1.807) is 42.3 Å². The van der Waals surface area contributed by atoms with E-state index < -0.39 is 0 Å². The van der Waals surface area contributed by atoms with Gasteiger partial charge >= 0.3 is 0 Å². The summed E-state index contributed by atoms with van der Waals surface area (Å²) in [5, 5.41) is 11.7. The van der Waals surface area contributed by atoms with Crippen LogP contribution in [0.15, 0.2) is 40.2 Å². The minimum absolute atomic E-state index is 0.148. The summed E-state index contributed by atoms with van der Waals surface area (Å²) < 4.78 is 3.15. The number of rotatable bonds is 4. The average Bonchev–Trinajstić information content (AvgIpc) is 3.34. The Balaban J connectivity index is 1.65. The highest BCUT2D eigenvalue weighted by atomic mass is 32.1. The molecular formula is C17H15N5O2S2. The van der Waals surface area contributed by atoms with E-state index in [9.17, 15) is 9.59 Å². The molecule has 7 nitrogen and oxygen atoms in total. The Hall–Kier alpha value is -2.78. The van der Waals surface area contributed by atoms with E-state index in [0.717, 1.165) is 5.56 Å². The number of thiophene rings is 2. The van der Waals surface area contributed by atoms with Gasteiger partial charge in [0, 0.05) is 13.1 Å². The van der Waals surface area contributed by atoms with Gasteiger partial charge < -0.3 is 9.88 Å². The molecule has 0 spiro atoms. The summed E-state index contributed by atoms with van der Waals surface area (Å²) >= 11 is 2.84. The number of anilines is 1. The van der Waals surface area contributed by atoms with Gasteiger partial charge in [-0.05, 0) is 34.9 Å². The highest BCUT2D eigenvalue weighted by Crippen LogP contribution is 2.27. The maximum Gasteiger partial charge on any atom is 0.267 e. The maximum atomic E-state index is 12.8. The van der Waals surface area contributed by atoms with Crippen molar-refractivity contribution >= 4 is 44.6 Å². The zero-order chi connectivity index (χ0) is 18.3. The molecule has 0 radical (unpaired) electrons. The van der Waals surface area contributed by atoms with Crippen LogP contribution in [-0.4, -0.2) is 25.2 Å². The topological polar surface area (TPSA) is 81.8 Å². The van der Waals surface area contributed by atoms with E-state index in [0.29, 0.717) is 33.0 Å². The quantitative estimate of drug-likeness (QED) is 0.586. The van der Waals surface area contributed by atoms with Crippen LogP contribution in [-0.2, 0) is 13.6 Å². The molecule has 1 amide bonds. The number of nitrogens with one attached hydrogen (secondary N) is 1. The molecule has 0 saturated heterocycles. The summed E-state index contributed by atoms with van der Waals surface area (Å²) in [6, 6.07) is 3.78. The molecule has 0 aliphatic rings. The van der Waals surface area contributed by atoms with Gasteiger partial charge in [0.2, 0.25) is 0 Å². The van der Waals surface area contributed by atoms with E-state index in [1.165, 1.54) is 22.2 Å². The van der Waals surface area contributed by atoms with Gasteiger partial charge in [0.05, 0.1) is 29.3 Å². The molecule has 0 aliphatic heterocycles. The molecule has 4 rings (SSSR count). The van der Waals surface area contributed by atoms with E-state index in [-0.39, 0.29) is 11.5 Å². The van der Waals surface area contributed by atoms with Crippen molar-refractivity contribution in [1.82, 2.24) is 19.3 Å². The summed E-state index contributed by atoms with van der Waals surface area (Å²) in [5.74, 6) is 0.346. The number of carbonyl (C=O) groups excluding carboxylic acids is 1. The van der Waals surface area contributed by atoms with Crippen LogP contribution in [0.4, 0.5) is 5.82 Å². The molecule has 4 aromatic rings. The van der Waals surface area contributed by atoms with Gasteiger partial charge in [-0.3, -0.25) is 9.59 Å². The number of aryl methyl sites for hydroxylation is 2. The summed E-state index contributed by atoms with van der Waals surface area (Å²) in [4.78, 5) is 30.4. The first kappa shape index (κ1) is 16.7. The molecule has 26 heavy (non-hydrogen) atoms. The van der Waals surface area contributed by atoms with Crippen molar-refractivity contribution in [3.8, 4) is 0 Å². The predicted octanol–water partition coefficient (Wildman–Crippen LogP) is 2.86. The number of hydrogen-bond acceptors (Lipinski definition) is 6. The molecule has 132 valence electrons. The van der Waals surface area contributed by atoms with Crippen LogP contribution < -0.4 is 10.9 Å². The van der Waals surface area contributed by atoms with Gasteiger partial charge in [0.1, 0.15) is 10.6 Å². The van der Waals surface area contributed by atoms with E-state index >= 15 is 0 Å². The summed E-state index contributed by atoms with van der Waals surface area (Å²) in [6.45, 7) is 2.36. The third-order valence-electron chi connectivity index (χ3n) is 4.09. The Morgan fingerprint density at radius 2 is 2.19 bits per heavy atom. The molecule has 9 heteroatoms. The highest BCUT2D eigenvalue weighted by molar-refractivity contribution is 7.20. The second-order valence-corrected chi connectivity index (χ2v) is 7.64. The molecule has 0 fully saturated rings. The van der Waals surface area contributed by atoms with Gasteiger partial charge in [-0.2, -0.15) is 16.4 Å². The molecule has 4 heterocycles. The van der Waals surface area contributed by atoms with E-state index in [4.69, 9.17) is 0 Å². The minimum atomic E-state index is -0.264. The second kappa shape index (κ2) is 6.50. The molecule has 0 bridgehead atoms. The fourth-order valence-corrected chi connectivity index (χ4v) is 4.41. The number of aromatic nitrogens is 4. The summed E-state index contributed by atoms with van der Waals surface area (Å²) in [7, 11) is 1.65. The minimum Gasteiger partial charge on any atom is -0.306 e. The fraction of sp³-hybridized carbons (Fsp3) is 0.176. The van der Waals surface area contributed by atoms with E-state index in [2.05, 4.69) is 15.4 Å². The van der Waals surface area contributed by atoms with Crippen molar-refractivity contribution < 1.29 is 4.79 Å². The van der Waals surface area contributed by atoms with Crippen molar-refractivity contribution in [3.63, 3.8) is 0 Å². The van der Waals surface area contributed by atoms with Crippen molar-refractivity contribution in [1.29, 1.82) is 0 Å². The number of carbonyl (C=O) groups is 1. The largest absolute Gasteiger partial charge is 0.306 e. The smallest absolute Gasteiger partial charge is 0.267 e. The Bertz CT molecular complexity index is 1150. The fourth-order valence-electron chi connectivity index (χ4n) is 2.72. The average molecular weight is 385 g/mol. The lowest BCUT2D eigenvalue weighted by Gasteiger charge is -2.08. The summed E-state index contributed by atoms with van der Waals surface area (Å²) in [5.41, 5.74) is 1.63. The van der Waals surface area contributed by atoms with Crippen LogP contribution in [0.3, 0.4) is 0 Å². The second-order valence-electron chi connectivity index (χ2n) is 5.86. The number of amides is 1. The molecule has 0 aromatic carbocycles. The normalized spacial score (nSPS) is 11.2. The van der Waals surface area contributed by atoms with Gasteiger partial charge in [0.15, 0.2) is 0 Å². The van der Waals surface area contributed by atoms with Gasteiger partial charge in [0.25, 0.3) is 11.5 Å². The van der Waals surface area contributed by atoms with Crippen LogP contribution in [0.1, 0.15) is 20.8 Å². The third kappa shape index (κ3) is 2.85. The molecule has 0 unspecified atom stereocenters. The monoisotopic (exact) mass is 385 g/mol. The van der Waals surface area contributed by atoms with Crippen LogP contribution in [0.5, 0.6) is 0 Å². The molecule has 0 atom stereocenters. The highest BCUT2D eigenvalue weighted by Gasteiger charge is 2.20. The third-order valence-corrected chi connectivity index (χ3v) is 6.02. The predicted molar refractivity (Wildman–Crippen MR) is 103 cm³/mol. The Kier molecular flexibility index (Phi) is 4.17. The first-order valence-electron chi connectivity index (χ1n) is 7.83. The number of nitrogens with zero attached hydrogens (tertiary/aromatic N) is 4. The number of hydrogen-bond donors (Lipinski definition) is 1. The van der Waals surface area contributed by atoms with Crippen molar-refractivity contribution in [3.05, 3.63) is 61.8 Å². The zero-order valence-corrected chi connectivity index (χ0v) is 15.7. The van der Waals surface area contributed by atoms with Crippen LogP contribution >= 0.6 is 22.7 Å². The lowest BCUT2D eigenvalue weighted by molar-refractivity contribution is 0.102. The lowest BCUT2D eigenvalue weighted by Crippen LogP contribution is -2.18. The molecule has 1 N–H and O–H groups in total. The zero-order valence-electron chi connectivity index (χ0n) is 14.1. The van der Waals surface area contributed by atoms with Gasteiger partial charge in [-0.1, -0.05) is 0 Å². The Morgan fingerprint density at radius 3 is 2.96 bits per heavy atom. The van der Waals surface area contributed by atoms with Crippen molar-refractivity contribution in [2.24, 2.45) is 7.05 Å². The molecule has 0 aliphatic carbocycles.